The fraction of sp³-hybridized carbons (Fsp3) is 0.857. The maximum absolute atomic E-state index is 12.6. The summed E-state index contributed by atoms with van der Waals surface area (Å²) in [4.78, 5) is 26.2. The van der Waals surface area contributed by atoms with Gasteiger partial charge in [0.25, 0.3) is 0 Å². The van der Waals surface area contributed by atoms with E-state index in [1.165, 1.54) is 0 Å². The highest BCUT2D eigenvalue weighted by Crippen LogP contribution is 2.35. The van der Waals surface area contributed by atoms with Crippen molar-refractivity contribution in [2.24, 2.45) is 5.92 Å². The van der Waals surface area contributed by atoms with E-state index in [1.54, 1.807) is 0 Å². The average molecular weight is 252 g/mol. The third-order valence-corrected chi connectivity index (χ3v) is 4.10. The fourth-order valence-corrected chi connectivity index (χ4v) is 2.90. The Kier molecular flexibility index (Phi) is 3.64. The van der Waals surface area contributed by atoms with E-state index in [2.05, 4.69) is 26.1 Å². The van der Waals surface area contributed by atoms with E-state index >= 15 is 0 Å². The van der Waals surface area contributed by atoms with Gasteiger partial charge in [0.1, 0.15) is 6.04 Å². The van der Waals surface area contributed by atoms with Crippen LogP contribution in [0.2, 0.25) is 0 Å². The second-order valence-electron chi connectivity index (χ2n) is 6.18. The largest absolute Gasteiger partial charge is 0.344 e. The minimum atomic E-state index is -0.267. The molecule has 4 nitrogen and oxygen atoms in total. The molecule has 1 N–H and O–H groups in total. The monoisotopic (exact) mass is 252 g/mol. The Labute approximate surface area is 109 Å². The molecule has 2 fully saturated rings. The molecule has 2 amide bonds. The summed E-state index contributed by atoms with van der Waals surface area (Å²) in [6.45, 7) is 6.90. The second-order valence-corrected chi connectivity index (χ2v) is 6.18. The van der Waals surface area contributed by atoms with E-state index in [-0.39, 0.29) is 23.4 Å². The highest BCUT2D eigenvalue weighted by atomic mass is 16.2. The van der Waals surface area contributed by atoms with E-state index in [0.717, 1.165) is 25.7 Å². The molecule has 1 unspecified atom stereocenters. The number of amides is 2. The van der Waals surface area contributed by atoms with E-state index in [1.807, 2.05) is 4.90 Å². The molecule has 18 heavy (non-hydrogen) atoms. The lowest BCUT2D eigenvalue weighted by atomic mass is 9.95. The SMILES string of the molecule is CCCC(C)(C)N1CCC(=O)NC(C2CC2)C1=O. The summed E-state index contributed by atoms with van der Waals surface area (Å²) in [7, 11) is 0. The van der Waals surface area contributed by atoms with E-state index in [4.69, 9.17) is 0 Å². The molecule has 1 atom stereocenters. The topological polar surface area (TPSA) is 49.4 Å². The van der Waals surface area contributed by atoms with Crippen molar-refractivity contribution in [3.63, 3.8) is 0 Å². The molecule has 0 spiro atoms. The zero-order valence-electron chi connectivity index (χ0n) is 11.7. The van der Waals surface area contributed by atoms with Gasteiger partial charge in [0.15, 0.2) is 0 Å². The van der Waals surface area contributed by atoms with Gasteiger partial charge < -0.3 is 10.2 Å². The van der Waals surface area contributed by atoms with Crippen molar-refractivity contribution in [2.45, 2.75) is 64.5 Å². The van der Waals surface area contributed by atoms with Crippen molar-refractivity contribution in [1.82, 2.24) is 10.2 Å². The van der Waals surface area contributed by atoms with Crippen molar-refractivity contribution in [3.8, 4) is 0 Å². The lowest BCUT2D eigenvalue weighted by Gasteiger charge is -2.39. The minimum Gasteiger partial charge on any atom is -0.344 e. The third-order valence-electron chi connectivity index (χ3n) is 4.10. The molecule has 4 heteroatoms. The van der Waals surface area contributed by atoms with Crippen LogP contribution in [-0.2, 0) is 9.59 Å². The average Bonchev–Trinajstić information content (AvgIpc) is 3.07. The molecule has 2 aliphatic rings. The first-order valence-electron chi connectivity index (χ1n) is 7.06. The predicted octanol–water partition coefficient (Wildman–Crippen LogP) is 1.69. The van der Waals surface area contributed by atoms with Gasteiger partial charge in [-0.1, -0.05) is 13.3 Å². The summed E-state index contributed by atoms with van der Waals surface area (Å²) >= 11 is 0. The standard InChI is InChI=1S/C14H24N2O2/c1-4-8-14(2,3)16-9-7-11(17)15-12(13(16)18)10-5-6-10/h10,12H,4-9H2,1-3H3,(H,15,17). The molecule has 0 bridgehead atoms. The molecular weight excluding hydrogens is 228 g/mol. The van der Waals surface area contributed by atoms with Crippen LogP contribution in [0.25, 0.3) is 0 Å². The molecule has 0 aromatic heterocycles. The van der Waals surface area contributed by atoms with Gasteiger partial charge in [0, 0.05) is 18.5 Å². The number of carbonyl (C=O) groups is 2. The quantitative estimate of drug-likeness (QED) is 0.827. The third kappa shape index (κ3) is 2.68. The molecule has 2 rings (SSSR count). The van der Waals surface area contributed by atoms with Gasteiger partial charge >= 0.3 is 0 Å². The molecule has 1 saturated carbocycles. The minimum absolute atomic E-state index is 0.0232. The molecular formula is C14H24N2O2. The number of carbonyl (C=O) groups excluding carboxylic acids is 2. The number of hydrogen-bond acceptors (Lipinski definition) is 2. The van der Waals surface area contributed by atoms with Gasteiger partial charge in [-0.25, -0.2) is 0 Å². The summed E-state index contributed by atoms with van der Waals surface area (Å²) in [6.07, 6.45) is 4.59. The first-order valence-corrected chi connectivity index (χ1v) is 7.06. The van der Waals surface area contributed by atoms with Crippen molar-refractivity contribution in [3.05, 3.63) is 0 Å². The van der Waals surface area contributed by atoms with Crippen LogP contribution in [-0.4, -0.2) is 34.8 Å². The Balaban J connectivity index is 2.17. The molecule has 1 heterocycles. The molecule has 0 aromatic carbocycles. The van der Waals surface area contributed by atoms with E-state index in [9.17, 15) is 9.59 Å². The molecule has 0 aromatic rings. The Morgan fingerprint density at radius 3 is 2.56 bits per heavy atom. The summed E-state index contributed by atoms with van der Waals surface area (Å²) < 4.78 is 0. The Bertz CT molecular complexity index is 348. The number of nitrogens with zero attached hydrogens (tertiary/aromatic N) is 1. The number of nitrogens with one attached hydrogen (secondary N) is 1. The molecule has 102 valence electrons. The smallest absolute Gasteiger partial charge is 0.245 e. The van der Waals surface area contributed by atoms with Crippen LogP contribution >= 0.6 is 0 Å². The molecule has 1 aliphatic heterocycles. The summed E-state index contributed by atoms with van der Waals surface area (Å²) in [5, 5.41) is 2.90. The fourth-order valence-electron chi connectivity index (χ4n) is 2.90. The van der Waals surface area contributed by atoms with Gasteiger partial charge in [-0.05, 0) is 39.0 Å². The van der Waals surface area contributed by atoms with Crippen LogP contribution in [0.5, 0.6) is 0 Å². The van der Waals surface area contributed by atoms with Crippen LogP contribution in [0, 0.1) is 5.92 Å². The van der Waals surface area contributed by atoms with Crippen molar-refractivity contribution < 1.29 is 9.59 Å². The van der Waals surface area contributed by atoms with Gasteiger partial charge in [-0.15, -0.1) is 0 Å². The van der Waals surface area contributed by atoms with Crippen molar-refractivity contribution >= 4 is 11.8 Å². The van der Waals surface area contributed by atoms with Gasteiger partial charge in [-0.3, -0.25) is 9.59 Å². The summed E-state index contributed by atoms with van der Waals surface area (Å²) in [5.74, 6) is 0.524. The van der Waals surface area contributed by atoms with Crippen LogP contribution in [0.4, 0.5) is 0 Å². The summed E-state index contributed by atoms with van der Waals surface area (Å²) in [6, 6.07) is -0.267. The molecule has 0 radical (unpaired) electrons. The molecule has 1 aliphatic carbocycles. The molecule has 1 saturated heterocycles. The predicted molar refractivity (Wildman–Crippen MR) is 70.0 cm³/mol. The number of hydrogen-bond donors (Lipinski definition) is 1. The van der Waals surface area contributed by atoms with Crippen LogP contribution < -0.4 is 5.32 Å². The van der Waals surface area contributed by atoms with Gasteiger partial charge in [-0.2, -0.15) is 0 Å². The maximum Gasteiger partial charge on any atom is 0.245 e. The highest BCUT2D eigenvalue weighted by Gasteiger charge is 2.44. The maximum atomic E-state index is 12.6. The zero-order valence-corrected chi connectivity index (χ0v) is 11.7. The van der Waals surface area contributed by atoms with Crippen LogP contribution in [0.1, 0.15) is 52.9 Å². The van der Waals surface area contributed by atoms with Crippen LogP contribution in [0.15, 0.2) is 0 Å². The van der Waals surface area contributed by atoms with Gasteiger partial charge in [0.2, 0.25) is 11.8 Å². The van der Waals surface area contributed by atoms with Gasteiger partial charge in [0.05, 0.1) is 0 Å². The zero-order chi connectivity index (χ0) is 13.3. The Hall–Kier alpha value is -1.06. The first kappa shape index (κ1) is 13.4. The number of rotatable bonds is 4. The second kappa shape index (κ2) is 4.90. The lowest BCUT2D eigenvalue weighted by Crippen LogP contribution is -2.53. The van der Waals surface area contributed by atoms with Crippen molar-refractivity contribution in [2.75, 3.05) is 6.54 Å². The first-order chi connectivity index (χ1) is 8.45. The van der Waals surface area contributed by atoms with Crippen LogP contribution in [0.3, 0.4) is 0 Å². The Morgan fingerprint density at radius 1 is 1.33 bits per heavy atom. The van der Waals surface area contributed by atoms with E-state index < -0.39 is 0 Å². The van der Waals surface area contributed by atoms with Crippen molar-refractivity contribution in [1.29, 1.82) is 0 Å². The Morgan fingerprint density at radius 2 is 2.00 bits per heavy atom. The normalized spacial score (nSPS) is 25.9. The summed E-state index contributed by atoms with van der Waals surface area (Å²) in [5.41, 5.74) is -0.148. The van der Waals surface area contributed by atoms with E-state index in [0.29, 0.717) is 18.9 Å². The highest BCUT2D eigenvalue weighted by molar-refractivity contribution is 5.90. The lowest BCUT2D eigenvalue weighted by molar-refractivity contribution is -0.139.